The third-order valence-corrected chi connectivity index (χ3v) is 9.07. The van der Waals surface area contributed by atoms with Crippen LogP contribution in [-0.4, -0.2) is 62.9 Å². The lowest BCUT2D eigenvalue weighted by atomic mass is 9.96. The number of aryl methyl sites for hydroxylation is 2. The largest absolute Gasteiger partial charge is 0.381 e. The van der Waals surface area contributed by atoms with Gasteiger partial charge >= 0.3 is 0 Å². The van der Waals surface area contributed by atoms with Gasteiger partial charge in [0.2, 0.25) is 15.9 Å². The zero-order valence-electron chi connectivity index (χ0n) is 19.0. The summed E-state index contributed by atoms with van der Waals surface area (Å²) >= 11 is 0. The van der Waals surface area contributed by atoms with E-state index >= 15 is 0 Å². The van der Waals surface area contributed by atoms with Crippen molar-refractivity contribution in [1.29, 1.82) is 0 Å². The van der Waals surface area contributed by atoms with Crippen molar-refractivity contribution in [3.05, 3.63) is 28.3 Å². The number of hydrogen-bond acceptors (Lipinski definition) is 4. The van der Waals surface area contributed by atoms with Crippen LogP contribution in [-0.2, 0) is 19.6 Å². The van der Waals surface area contributed by atoms with Gasteiger partial charge in [-0.2, -0.15) is 4.31 Å². The van der Waals surface area contributed by atoms with E-state index in [0.29, 0.717) is 43.3 Å². The van der Waals surface area contributed by atoms with E-state index in [9.17, 15) is 13.2 Å². The zero-order chi connectivity index (χ0) is 22.1. The summed E-state index contributed by atoms with van der Waals surface area (Å²) in [6.07, 6.45) is 2.17. The Hall–Kier alpha value is -1.44. The van der Waals surface area contributed by atoms with Crippen LogP contribution in [0.4, 0.5) is 0 Å². The SMILES string of the molecule is CCN(CC1CCOC1)C(=O)C1CCN(S(=O)(=O)c2c(C)c(C)cc(C)c2C)CC1. The molecule has 3 rings (SSSR count). The molecule has 0 saturated carbocycles. The van der Waals surface area contributed by atoms with Crippen LogP contribution in [0.5, 0.6) is 0 Å². The summed E-state index contributed by atoms with van der Waals surface area (Å²) in [4.78, 5) is 15.4. The maximum Gasteiger partial charge on any atom is 0.243 e. The Labute approximate surface area is 181 Å². The molecule has 0 bridgehead atoms. The van der Waals surface area contributed by atoms with E-state index in [-0.39, 0.29) is 11.8 Å². The van der Waals surface area contributed by atoms with Crippen LogP contribution in [0, 0.1) is 39.5 Å². The van der Waals surface area contributed by atoms with E-state index < -0.39 is 10.0 Å². The zero-order valence-corrected chi connectivity index (χ0v) is 19.8. The third kappa shape index (κ3) is 4.58. The van der Waals surface area contributed by atoms with Gasteiger partial charge in [0.15, 0.2) is 0 Å². The van der Waals surface area contributed by atoms with Gasteiger partial charge in [0.25, 0.3) is 0 Å². The lowest BCUT2D eigenvalue weighted by molar-refractivity contribution is -0.137. The number of ether oxygens (including phenoxy) is 1. The molecule has 2 saturated heterocycles. The molecule has 1 aromatic rings. The van der Waals surface area contributed by atoms with Gasteiger partial charge < -0.3 is 9.64 Å². The molecule has 1 atom stereocenters. The molecule has 0 aromatic heterocycles. The fourth-order valence-electron chi connectivity index (χ4n) is 4.71. The van der Waals surface area contributed by atoms with E-state index in [4.69, 9.17) is 4.74 Å². The van der Waals surface area contributed by atoms with Crippen LogP contribution in [0.2, 0.25) is 0 Å². The summed E-state index contributed by atoms with van der Waals surface area (Å²) in [5.41, 5.74) is 3.65. The fourth-order valence-corrected chi connectivity index (χ4v) is 6.76. The molecule has 7 heteroatoms. The number of benzene rings is 1. The molecule has 2 heterocycles. The second kappa shape index (κ2) is 9.37. The highest BCUT2D eigenvalue weighted by Crippen LogP contribution is 2.31. The minimum Gasteiger partial charge on any atom is -0.381 e. The molecule has 2 fully saturated rings. The number of nitrogens with zero attached hydrogens (tertiary/aromatic N) is 2. The number of carbonyl (C=O) groups is 1. The molecule has 168 valence electrons. The smallest absolute Gasteiger partial charge is 0.243 e. The quantitative estimate of drug-likeness (QED) is 0.687. The minimum atomic E-state index is -3.57. The number of rotatable bonds is 6. The van der Waals surface area contributed by atoms with E-state index in [2.05, 4.69) is 0 Å². The molecule has 1 unspecified atom stereocenters. The molecule has 6 nitrogen and oxygen atoms in total. The molecule has 1 aromatic carbocycles. The summed E-state index contributed by atoms with van der Waals surface area (Å²) in [5.74, 6) is 0.491. The molecule has 2 aliphatic rings. The number of amides is 1. The molecule has 0 N–H and O–H groups in total. The fraction of sp³-hybridized carbons (Fsp3) is 0.696. The first-order valence-electron chi connectivity index (χ1n) is 11.1. The van der Waals surface area contributed by atoms with Crippen molar-refractivity contribution in [2.24, 2.45) is 11.8 Å². The highest BCUT2D eigenvalue weighted by atomic mass is 32.2. The third-order valence-electron chi connectivity index (χ3n) is 6.89. The van der Waals surface area contributed by atoms with Crippen LogP contribution in [0.25, 0.3) is 0 Å². The van der Waals surface area contributed by atoms with E-state index in [1.54, 1.807) is 4.31 Å². The van der Waals surface area contributed by atoms with Crippen LogP contribution in [0.1, 0.15) is 48.4 Å². The Bertz CT molecular complexity index is 857. The molecule has 0 radical (unpaired) electrons. The maximum atomic E-state index is 13.4. The highest BCUT2D eigenvalue weighted by Gasteiger charge is 2.36. The maximum absolute atomic E-state index is 13.4. The number of carbonyl (C=O) groups excluding carboxylic acids is 1. The van der Waals surface area contributed by atoms with Crippen molar-refractivity contribution in [2.75, 3.05) is 39.4 Å². The topological polar surface area (TPSA) is 66.9 Å². The second-order valence-electron chi connectivity index (χ2n) is 8.87. The summed E-state index contributed by atoms with van der Waals surface area (Å²) in [6, 6.07) is 2.04. The van der Waals surface area contributed by atoms with Gasteiger partial charge in [-0.3, -0.25) is 4.79 Å². The van der Waals surface area contributed by atoms with Gasteiger partial charge in [-0.25, -0.2) is 8.42 Å². The van der Waals surface area contributed by atoms with Gasteiger partial charge in [-0.1, -0.05) is 6.07 Å². The molecule has 0 aliphatic carbocycles. The first kappa shape index (κ1) is 23.2. The minimum absolute atomic E-state index is 0.0971. The van der Waals surface area contributed by atoms with E-state index in [0.717, 1.165) is 48.4 Å². The average Bonchev–Trinajstić information content (AvgIpc) is 3.23. The standard InChI is InChI=1S/C23H36N2O4S/c1-6-24(14-20-9-12-29-15-20)23(26)21-7-10-25(11-8-21)30(27,28)22-18(4)16(2)13-17(3)19(22)5/h13,20-21H,6-12,14-15H2,1-5H3. The Balaban J connectivity index is 1.69. The average molecular weight is 437 g/mol. The normalized spacial score (nSPS) is 21.2. The number of hydrogen-bond donors (Lipinski definition) is 0. The van der Waals surface area contributed by atoms with Crippen molar-refractivity contribution in [3.8, 4) is 0 Å². The van der Waals surface area contributed by atoms with E-state index in [1.807, 2.05) is 45.6 Å². The second-order valence-corrected chi connectivity index (χ2v) is 10.7. The highest BCUT2D eigenvalue weighted by molar-refractivity contribution is 7.89. The molecule has 0 spiro atoms. The van der Waals surface area contributed by atoms with E-state index in [1.165, 1.54) is 0 Å². The van der Waals surface area contributed by atoms with Gasteiger partial charge in [-0.15, -0.1) is 0 Å². The van der Waals surface area contributed by atoms with Gasteiger partial charge in [-0.05, 0) is 76.1 Å². The molecule has 2 aliphatic heterocycles. The monoisotopic (exact) mass is 436 g/mol. The summed E-state index contributed by atoms with van der Waals surface area (Å²) in [5, 5.41) is 0. The van der Waals surface area contributed by atoms with Crippen molar-refractivity contribution in [3.63, 3.8) is 0 Å². The van der Waals surface area contributed by atoms with Crippen molar-refractivity contribution < 1.29 is 17.9 Å². The predicted molar refractivity (Wildman–Crippen MR) is 118 cm³/mol. The Morgan fingerprint density at radius 2 is 1.70 bits per heavy atom. The molecular weight excluding hydrogens is 400 g/mol. The summed E-state index contributed by atoms with van der Waals surface area (Å²) in [6.45, 7) is 13.4. The van der Waals surface area contributed by atoms with Crippen LogP contribution in [0.3, 0.4) is 0 Å². The molecule has 30 heavy (non-hydrogen) atoms. The van der Waals surface area contributed by atoms with Crippen molar-refractivity contribution >= 4 is 15.9 Å². The van der Waals surface area contributed by atoms with Crippen molar-refractivity contribution in [2.45, 2.75) is 58.8 Å². The Morgan fingerprint density at radius 3 is 2.20 bits per heavy atom. The Kier molecular flexibility index (Phi) is 7.25. The van der Waals surface area contributed by atoms with Crippen molar-refractivity contribution in [1.82, 2.24) is 9.21 Å². The van der Waals surface area contributed by atoms with Gasteiger partial charge in [0.05, 0.1) is 11.5 Å². The predicted octanol–water partition coefficient (Wildman–Crippen LogP) is 3.21. The Morgan fingerprint density at radius 1 is 1.10 bits per heavy atom. The summed E-state index contributed by atoms with van der Waals surface area (Å²) in [7, 11) is -3.57. The van der Waals surface area contributed by atoms with Gasteiger partial charge in [0.1, 0.15) is 0 Å². The first-order chi connectivity index (χ1) is 14.2. The lowest BCUT2D eigenvalue weighted by Gasteiger charge is -2.34. The molecular formula is C23H36N2O4S. The summed E-state index contributed by atoms with van der Waals surface area (Å²) < 4.78 is 33.9. The van der Waals surface area contributed by atoms with Gasteiger partial charge in [0, 0.05) is 44.6 Å². The number of sulfonamides is 1. The molecule has 1 amide bonds. The van der Waals surface area contributed by atoms with Crippen LogP contribution < -0.4 is 0 Å². The lowest BCUT2D eigenvalue weighted by Crippen LogP contribution is -2.45. The number of piperidine rings is 1. The first-order valence-corrected chi connectivity index (χ1v) is 12.5. The van der Waals surface area contributed by atoms with Crippen LogP contribution >= 0.6 is 0 Å². The van der Waals surface area contributed by atoms with Crippen LogP contribution in [0.15, 0.2) is 11.0 Å².